The number of carbonyl (C=O) groups excluding carboxylic acids is 1. The largest absolute Gasteiger partial charge is 0.465 e. The van der Waals surface area contributed by atoms with Gasteiger partial charge in [-0.2, -0.15) is 0 Å². The lowest BCUT2D eigenvalue weighted by molar-refractivity contribution is 0.0602. The van der Waals surface area contributed by atoms with Gasteiger partial charge < -0.3 is 4.74 Å². The maximum atomic E-state index is 13.5. The molecule has 0 bridgehead atoms. The fraction of sp³-hybridized carbons (Fsp3) is 0.0833. The maximum Gasteiger partial charge on any atom is 0.349 e. The number of thiophene rings is 1. The predicted molar refractivity (Wildman–Crippen MR) is 72.8 cm³/mol. The van der Waals surface area contributed by atoms with E-state index in [0.29, 0.717) is 6.07 Å². The van der Waals surface area contributed by atoms with Gasteiger partial charge in [-0.15, -0.1) is 11.3 Å². The Balaban J connectivity index is 2.39. The highest BCUT2D eigenvalue weighted by atomic mass is 32.2. The summed E-state index contributed by atoms with van der Waals surface area (Å²) in [5, 5.41) is 1.39. The quantitative estimate of drug-likeness (QED) is 0.873. The van der Waals surface area contributed by atoms with E-state index in [2.05, 4.69) is 4.74 Å². The van der Waals surface area contributed by atoms with Crippen molar-refractivity contribution in [1.29, 1.82) is 0 Å². The molecule has 112 valence electrons. The van der Waals surface area contributed by atoms with Crippen LogP contribution < -0.4 is 4.72 Å². The zero-order chi connectivity index (χ0) is 15.6. The summed E-state index contributed by atoms with van der Waals surface area (Å²) in [6, 6.07) is 3.61. The molecule has 1 aromatic heterocycles. The van der Waals surface area contributed by atoms with Crippen molar-refractivity contribution < 1.29 is 26.7 Å². The second kappa shape index (κ2) is 5.78. The number of nitrogens with one attached hydrogen (secondary N) is 1. The number of hydrogen-bond acceptors (Lipinski definition) is 5. The van der Waals surface area contributed by atoms with Crippen LogP contribution in [0.5, 0.6) is 0 Å². The Hall–Kier alpha value is -2.00. The van der Waals surface area contributed by atoms with Crippen LogP contribution in [0.15, 0.2) is 34.5 Å². The lowest BCUT2D eigenvalue weighted by Gasteiger charge is -2.09. The number of esters is 1. The Labute approximate surface area is 123 Å². The van der Waals surface area contributed by atoms with Crippen molar-refractivity contribution in [2.45, 2.75) is 4.90 Å². The van der Waals surface area contributed by atoms with E-state index in [4.69, 9.17) is 0 Å². The smallest absolute Gasteiger partial charge is 0.349 e. The third-order valence-corrected chi connectivity index (χ3v) is 4.90. The molecule has 0 saturated heterocycles. The molecule has 0 amide bonds. The monoisotopic (exact) mass is 333 g/mol. The number of sulfonamides is 1. The van der Waals surface area contributed by atoms with Crippen LogP contribution in [-0.4, -0.2) is 21.5 Å². The molecule has 1 aromatic carbocycles. The zero-order valence-corrected chi connectivity index (χ0v) is 12.2. The van der Waals surface area contributed by atoms with Gasteiger partial charge in [-0.1, -0.05) is 0 Å². The number of halogens is 2. The summed E-state index contributed by atoms with van der Waals surface area (Å²) in [5.74, 6) is -2.71. The van der Waals surface area contributed by atoms with Crippen molar-refractivity contribution in [2.24, 2.45) is 0 Å². The van der Waals surface area contributed by atoms with Crippen LogP contribution >= 0.6 is 11.3 Å². The summed E-state index contributed by atoms with van der Waals surface area (Å²) in [7, 11) is -3.08. The molecule has 0 radical (unpaired) electrons. The molecule has 2 rings (SSSR count). The summed E-state index contributed by atoms with van der Waals surface area (Å²) in [6.07, 6.45) is 0. The minimum Gasteiger partial charge on any atom is -0.465 e. The van der Waals surface area contributed by atoms with Gasteiger partial charge >= 0.3 is 5.97 Å². The van der Waals surface area contributed by atoms with Gasteiger partial charge in [0.1, 0.15) is 21.4 Å². The minimum absolute atomic E-state index is 0.132. The van der Waals surface area contributed by atoms with Gasteiger partial charge in [-0.3, -0.25) is 4.72 Å². The number of anilines is 1. The fourth-order valence-electron chi connectivity index (χ4n) is 1.52. The number of ether oxygens (including phenoxy) is 1. The number of methoxy groups -OCH3 is 1. The third-order valence-electron chi connectivity index (χ3n) is 2.46. The molecule has 0 aliphatic rings. The molecule has 9 heteroatoms. The first-order valence-corrected chi connectivity index (χ1v) is 7.85. The van der Waals surface area contributed by atoms with Crippen LogP contribution in [0, 0.1) is 11.6 Å². The summed E-state index contributed by atoms with van der Waals surface area (Å²) < 4.78 is 57.1. The Morgan fingerprint density at radius 3 is 2.62 bits per heavy atom. The van der Waals surface area contributed by atoms with Crippen LogP contribution in [-0.2, 0) is 14.8 Å². The molecule has 1 N–H and O–H groups in total. The van der Waals surface area contributed by atoms with Gasteiger partial charge in [0.25, 0.3) is 10.0 Å². The number of rotatable bonds is 4. The normalized spacial score (nSPS) is 11.2. The second-order valence-corrected chi connectivity index (χ2v) is 6.40. The van der Waals surface area contributed by atoms with E-state index in [1.807, 2.05) is 4.72 Å². The molecule has 0 atom stereocenters. The molecule has 0 fully saturated rings. The molecule has 1 heterocycles. The molecule has 0 aliphatic heterocycles. The van der Waals surface area contributed by atoms with Crippen LogP contribution in [0.25, 0.3) is 0 Å². The lowest BCUT2D eigenvalue weighted by atomic mass is 10.3. The minimum atomic E-state index is -4.19. The van der Waals surface area contributed by atoms with Crippen LogP contribution in [0.1, 0.15) is 9.67 Å². The lowest BCUT2D eigenvalue weighted by Crippen LogP contribution is -2.16. The maximum absolute atomic E-state index is 13.5. The summed E-state index contributed by atoms with van der Waals surface area (Å²) in [5.41, 5.74) is -0.418. The number of hydrogen-bond donors (Lipinski definition) is 1. The van der Waals surface area contributed by atoms with Crippen molar-refractivity contribution in [3.63, 3.8) is 0 Å². The predicted octanol–water partition coefficient (Wildman–Crippen LogP) is 2.61. The Morgan fingerprint density at radius 1 is 1.29 bits per heavy atom. The molecule has 2 aromatic rings. The molecular formula is C12H9F2NO4S2. The van der Waals surface area contributed by atoms with Crippen LogP contribution in [0.3, 0.4) is 0 Å². The molecular weight excluding hydrogens is 324 g/mol. The van der Waals surface area contributed by atoms with E-state index < -0.39 is 33.3 Å². The SMILES string of the molecule is COC(=O)c1sccc1S(=O)(=O)Nc1ccc(F)cc1F. The first kappa shape index (κ1) is 15.4. The number of benzene rings is 1. The summed E-state index contributed by atoms with van der Waals surface area (Å²) in [6.45, 7) is 0. The third kappa shape index (κ3) is 3.19. The summed E-state index contributed by atoms with van der Waals surface area (Å²) in [4.78, 5) is 11.0. The van der Waals surface area contributed by atoms with Gasteiger partial charge in [-0.25, -0.2) is 22.0 Å². The highest BCUT2D eigenvalue weighted by molar-refractivity contribution is 7.93. The van der Waals surface area contributed by atoms with E-state index >= 15 is 0 Å². The molecule has 5 nitrogen and oxygen atoms in total. The fourth-order valence-corrected chi connectivity index (χ4v) is 3.93. The van der Waals surface area contributed by atoms with E-state index in [0.717, 1.165) is 30.6 Å². The van der Waals surface area contributed by atoms with Crippen molar-refractivity contribution in [3.8, 4) is 0 Å². The van der Waals surface area contributed by atoms with E-state index in [9.17, 15) is 22.0 Å². The number of carbonyl (C=O) groups is 1. The van der Waals surface area contributed by atoms with Gasteiger partial charge in [0.05, 0.1) is 12.8 Å². The van der Waals surface area contributed by atoms with Gasteiger partial charge in [0, 0.05) is 6.07 Å². The molecule has 0 saturated carbocycles. The highest BCUT2D eigenvalue weighted by Gasteiger charge is 2.25. The van der Waals surface area contributed by atoms with E-state index in [1.54, 1.807) is 0 Å². The molecule has 0 aliphatic carbocycles. The second-order valence-electron chi connectivity index (χ2n) is 3.84. The Bertz CT molecular complexity index is 786. The Morgan fingerprint density at radius 2 is 2.00 bits per heavy atom. The van der Waals surface area contributed by atoms with Crippen LogP contribution in [0.2, 0.25) is 0 Å². The molecule has 0 unspecified atom stereocenters. The average Bonchev–Trinajstić information content (AvgIpc) is 2.91. The van der Waals surface area contributed by atoms with E-state index in [-0.39, 0.29) is 9.77 Å². The molecule has 0 spiro atoms. The van der Waals surface area contributed by atoms with Crippen molar-refractivity contribution in [2.75, 3.05) is 11.8 Å². The Kier molecular flexibility index (Phi) is 4.24. The average molecular weight is 333 g/mol. The van der Waals surface area contributed by atoms with Crippen LogP contribution in [0.4, 0.5) is 14.5 Å². The van der Waals surface area contributed by atoms with Crippen molar-refractivity contribution in [3.05, 3.63) is 46.2 Å². The summed E-state index contributed by atoms with van der Waals surface area (Å²) >= 11 is 0.879. The zero-order valence-electron chi connectivity index (χ0n) is 10.6. The standard InChI is InChI=1S/C12H9F2NO4S2/c1-19-12(16)11-10(4-5-20-11)21(17,18)15-9-3-2-7(13)6-8(9)14/h2-6,15H,1H3. The van der Waals surface area contributed by atoms with Crippen molar-refractivity contribution >= 4 is 33.0 Å². The van der Waals surface area contributed by atoms with E-state index in [1.165, 1.54) is 11.4 Å². The first-order valence-electron chi connectivity index (χ1n) is 5.49. The molecule has 21 heavy (non-hydrogen) atoms. The topological polar surface area (TPSA) is 72.5 Å². The first-order chi connectivity index (χ1) is 9.85. The van der Waals surface area contributed by atoms with Gasteiger partial charge in [-0.05, 0) is 23.6 Å². The van der Waals surface area contributed by atoms with Gasteiger partial charge in [0.15, 0.2) is 0 Å². The highest BCUT2D eigenvalue weighted by Crippen LogP contribution is 2.26. The van der Waals surface area contributed by atoms with Crippen molar-refractivity contribution in [1.82, 2.24) is 0 Å². The van der Waals surface area contributed by atoms with Gasteiger partial charge in [0.2, 0.25) is 0 Å².